The van der Waals surface area contributed by atoms with Crippen LogP contribution in [0, 0.1) is 0 Å². The third kappa shape index (κ3) is 14.0. The number of hydrogen-bond donors (Lipinski definition) is 5. The van der Waals surface area contributed by atoms with Gasteiger partial charge < -0.3 is 32.6 Å². The van der Waals surface area contributed by atoms with E-state index in [0.29, 0.717) is 51.7 Å². The minimum atomic E-state index is -0.786. The lowest BCUT2D eigenvalue weighted by molar-refractivity contribution is -0.159. The van der Waals surface area contributed by atoms with Crippen molar-refractivity contribution in [2.75, 3.05) is 19.6 Å². The van der Waals surface area contributed by atoms with Crippen molar-refractivity contribution < 1.29 is 19.1 Å². The number of carbonyl (C=O) groups is 3. The lowest BCUT2D eigenvalue weighted by Crippen LogP contribution is -2.52. The van der Waals surface area contributed by atoms with Crippen LogP contribution in [0.1, 0.15) is 72.1 Å². The maximum absolute atomic E-state index is 12.8. The second-order valence-electron chi connectivity index (χ2n) is 8.18. The predicted molar refractivity (Wildman–Crippen MR) is 114 cm³/mol. The summed E-state index contributed by atoms with van der Waals surface area (Å²) in [6, 6.07) is -1.52. The summed E-state index contributed by atoms with van der Waals surface area (Å²) in [5.74, 6) is -1.12. The van der Waals surface area contributed by atoms with Crippen LogP contribution in [0.15, 0.2) is 0 Å². The van der Waals surface area contributed by atoms with Crippen LogP contribution in [-0.2, 0) is 19.1 Å². The Bertz CT molecular complexity index is 494. The Labute approximate surface area is 174 Å². The molecule has 0 aliphatic heterocycles. The van der Waals surface area contributed by atoms with Gasteiger partial charge in [0.15, 0.2) is 0 Å². The van der Waals surface area contributed by atoms with E-state index in [1.807, 2.05) is 0 Å². The average molecular weight is 416 g/mol. The Morgan fingerprint density at radius 1 is 0.793 bits per heavy atom. The minimum absolute atomic E-state index is 0.236. The van der Waals surface area contributed by atoms with Gasteiger partial charge in [-0.25, -0.2) is 4.79 Å². The van der Waals surface area contributed by atoms with Crippen LogP contribution in [0.4, 0.5) is 0 Å². The topological polar surface area (TPSA) is 163 Å². The zero-order valence-electron chi connectivity index (χ0n) is 18.3. The molecule has 8 N–H and O–H groups in total. The molecule has 2 amide bonds. The van der Waals surface area contributed by atoms with Crippen LogP contribution in [0.2, 0.25) is 0 Å². The molecule has 0 radical (unpaired) electrons. The van der Waals surface area contributed by atoms with Crippen LogP contribution in [-0.4, -0.2) is 55.1 Å². The SMILES string of the molecule is CC(C)(C)OC(=O)C(CCCCN)NC(=O)C(CCCCN)NC(=O)CCCN. The minimum Gasteiger partial charge on any atom is -0.458 e. The van der Waals surface area contributed by atoms with Gasteiger partial charge in [-0.2, -0.15) is 0 Å². The molecule has 0 aromatic carbocycles. The second-order valence-corrected chi connectivity index (χ2v) is 8.18. The number of rotatable bonds is 15. The molecule has 0 saturated carbocycles. The number of ether oxygens (including phenoxy) is 1. The molecule has 9 nitrogen and oxygen atoms in total. The number of hydrogen-bond acceptors (Lipinski definition) is 7. The molecule has 0 rings (SSSR count). The maximum atomic E-state index is 12.8. The Kier molecular flexibility index (Phi) is 14.3. The molecule has 170 valence electrons. The monoisotopic (exact) mass is 415 g/mol. The van der Waals surface area contributed by atoms with Gasteiger partial charge in [-0.05, 0) is 85.4 Å². The van der Waals surface area contributed by atoms with Gasteiger partial charge in [-0.1, -0.05) is 0 Å². The van der Waals surface area contributed by atoms with Crippen LogP contribution in [0.3, 0.4) is 0 Å². The smallest absolute Gasteiger partial charge is 0.329 e. The average Bonchev–Trinajstić information content (AvgIpc) is 2.63. The molecule has 0 aliphatic rings. The summed E-state index contributed by atoms with van der Waals surface area (Å²) >= 11 is 0. The molecule has 0 aliphatic carbocycles. The highest BCUT2D eigenvalue weighted by Crippen LogP contribution is 2.12. The Morgan fingerprint density at radius 3 is 1.79 bits per heavy atom. The third-order valence-corrected chi connectivity index (χ3v) is 4.16. The van der Waals surface area contributed by atoms with E-state index in [0.717, 1.165) is 12.8 Å². The number of unbranched alkanes of at least 4 members (excludes halogenated alkanes) is 2. The summed E-state index contributed by atoms with van der Waals surface area (Å²) < 4.78 is 5.44. The highest BCUT2D eigenvalue weighted by molar-refractivity contribution is 5.90. The molecule has 0 spiro atoms. The quantitative estimate of drug-likeness (QED) is 0.190. The lowest BCUT2D eigenvalue weighted by Gasteiger charge is -2.26. The van der Waals surface area contributed by atoms with Crippen molar-refractivity contribution in [3.8, 4) is 0 Å². The summed E-state index contributed by atoms with van der Waals surface area (Å²) in [5.41, 5.74) is 15.8. The second kappa shape index (κ2) is 15.2. The summed E-state index contributed by atoms with van der Waals surface area (Å²) in [4.78, 5) is 37.5. The fourth-order valence-corrected chi connectivity index (χ4v) is 2.68. The number of carbonyl (C=O) groups excluding carboxylic acids is 3. The Hall–Kier alpha value is -1.71. The fraction of sp³-hybridized carbons (Fsp3) is 0.850. The summed E-state index contributed by atoms with van der Waals surface area (Å²) in [5, 5.41) is 5.51. The van der Waals surface area contributed by atoms with Gasteiger partial charge in [-0.15, -0.1) is 0 Å². The van der Waals surface area contributed by atoms with E-state index in [2.05, 4.69) is 10.6 Å². The van der Waals surface area contributed by atoms with Gasteiger partial charge in [0.05, 0.1) is 0 Å². The zero-order chi connectivity index (χ0) is 22.3. The van der Waals surface area contributed by atoms with Gasteiger partial charge >= 0.3 is 5.97 Å². The van der Waals surface area contributed by atoms with Crippen LogP contribution in [0.25, 0.3) is 0 Å². The van der Waals surface area contributed by atoms with Crippen LogP contribution in [0.5, 0.6) is 0 Å². The van der Waals surface area contributed by atoms with E-state index in [1.165, 1.54) is 0 Å². The highest BCUT2D eigenvalue weighted by Gasteiger charge is 2.29. The highest BCUT2D eigenvalue weighted by atomic mass is 16.6. The van der Waals surface area contributed by atoms with Gasteiger partial charge in [0.2, 0.25) is 11.8 Å². The normalized spacial score (nSPS) is 13.4. The molecule has 0 bridgehead atoms. The van der Waals surface area contributed by atoms with E-state index in [1.54, 1.807) is 20.8 Å². The Balaban J connectivity index is 5.12. The molecule has 2 atom stereocenters. The van der Waals surface area contributed by atoms with E-state index in [-0.39, 0.29) is 12.3 Å². The van der Waals surface area contributed by atoms with Gasteiger partial charge in [0.1, 0.15) is 17.7 Å². The lowest BCUT2D eigenvalue weighted by atomic mass is 10.1. The first-order chi connectivity index (χ1) is 13.6. The molecule has 2 unspecified atom stereocenters. The fourth-order valence-electron chi connectivity index (χ4n) is 2.68. The summed E-state index contributed by atoms with van der Waals surface area (Å²) in [6.07, 6.45) is 4.53. The van der Waals surface area contributed by atoms with Crippen LogP contribution >= 0.6 is 0 Å². The standard InChI is InChI=1S/C20H41N5O4/c1-20(2,3)29-19(28)16(10-5-7-13-22)25-18(27)15(9-4-6-12-21)24-17(26)11-8-14-23/h15-16H,4-14,21-23H2,1-3H3,(H,24,26)(H,25,27). The number of amides is 2. The van der Waals surface area contributed by atoms with Crippen molar-refractivity contribution in [3.63, 3.8) is 0 Å². The van der Waals surface area contributed by atoms with Crippen molar-refractivity contribution in [2.45, 2.75) is 89.8 Å². The largest absolute Gasteiger partial charge is 0.458 e. The van der Waals surface area contributed by atoms with E-state index < -0.39 is 29.6 Å². The molecule has 0 aromatic heterocycles. The molecule has 0 aromatic rings. The van der Waals surface area contributed by atoms with Crippen molar-refractivity contribution >= 4 is 17.8 Å². The van der Waals surface area contributed by atoms with Crippen molar-refractivity contribution in [1.29, 1.82) is 0 Å². The zero-order valence-corrected chi connectivity index (χ0v) is 18.3. The van der Waals surface area contributed by atoms with Gasteiger partial charge in [-0.3, -0.25) is 9.59 Å². The van der Waals surface area contributed by atoms with E-state index in [4.69, 9.17) is 21.9 Å². The van der Waals surface area contributed by atoms with Crippen molar-refractivity contribution in [1.82, 2.24) is 10.6 Å². The number of nitrogens with one attached hydrogen (secondary N) is 2. The summed E-state index contributed by atoms with van der Waals surface area (Å²) in [6.45, 7) is 6.74. The molecule has 0 saturated heterocycles. The maximum Gasteiger partial charge on any atom is 0.329 e. The Morgan fingerprint density at radius 2 is 1.31 bits per heavy atom. The van der Waals surface area contributed by atoms with Crippen molar-refractivity contribution in [2.24, 2.45) is 17.2 Å². The van der Waals surface area contributed by atoms with E-state index >= 15 is 0 Å². The van der Waals surface area contributed by atoms with Crippen molar-refractivity contribution in [3.05, 3.63) is 0 Å². The molecular weight excluding hydrogens is 374 g/mol. The number of nitrogens with two attached hydrogens (primary N) is 3. The first-order valence-corrected chi connectivity index (χ1v) is 10.6. The molecular formula is C20H41N5O4. The first-order valence-electron chi connectivity index (χ1n) is 10.6. The molecule has 0 heterocycles. The van der Waals surface area contributed by atoms with Gasteiger partial charge in [0.25, 0.3) is 0 Å². The van der Waals surface area contributed by atoms with E-state index in [9.17, 15) is 14.4 Å². The van der Waals surface area contributed by atoms with Gasteiger partial charge in [0, 0.05) is 6.42 Å². The number of esters is 1. The first kappa shape index (κ1) is 27.3. The predicted octanol–water partition coefficient (Wildman–Crippen LogP) is 0.295. The molecule has 9 heteroatoms. The molecule has 0 fully saturated rings. The molecule has 29 heavy (non-hydrogen) atoms. The third-order valence-electron chi connectivity index (χ3n) is 4.16. The van der Waals surface area contributed by atoms with Crippen LogP contribution < -0.4 is 27.8 Å². The summed E-state index contributed by atoms with van der Waals surface area (Å²) in [7, 11) is 0.